The van der Waals surface area contributed by atoms with Crippen LogP contribution in [-0.4, -0.2) is 40.0 Å². The molecule has 2 heterocycles. The van der Waals surface area contributed by atoms with E-state index in [4.69, 9.17) is 0 Å². The van der Waals surface area contributed by atoms with Crippen LogP contribution < -0.4 is 5.32 Å². The SMILES string of the molecule is CCCc1nnc(NC(=O)C2CCN(C(=O)C(C)(C)C)CC2)s1. The first-order chi connectivity index (χ1) is 10.8. The fourth-order valence-corrected chi connectivity index (χ4v) is 3.49. The lowest BCUT2D eigenvalue weighted by Gasteiger charge is -2.35. The Kier molecular flexibility index (Phi) is 5.73. The molecule has 0 saturated carbocycles. The van der Waals surface area contributed by atoms with Gasteiger partial charge in [0, 0.05) is 30.8 Å². The van der Waals surface area contributed by atoms with Crippen molar-refractivity contribution in [3.05, 3.63) is 5.01 Å². The van der Waals surface area contributed by atoms with Gasteiger partial charge in [-0.05, 0) is 19.3 Å². The number of hydrogen-bond donors (Lipinski definition) is 1. The molecule has 1 aliphatic rings. The van der Waals surface area contributed by atoms with E-state index in [2.05, 4.69) is 22.4 Å². The summed E-state index contributed by atoms with van der Waals surface area (Å²) in [6.45, 7) is 9.16. The first kappa shape index (κ1) is 17.8. The third-order valence-corrected chi connectivity index (χ3v) is 4.85. The molecular formula is C16H26N4O2S. The Hall–Kier alpha value is -1.50. The van der Waals surface area contributed by atoms with Gasteiger partial charge in [0.15, 0.2) is 0 Å². The minimum Gasteiger partial charge on any atom is -0.342 e. The van der Waals surface area contributed by atoms with Crippen molar-refractivity contribution in [2.75, 3.05) is 18.4 Å². The van der Waals surface area contributed by atoms with E-state index < -0.39 is 0 Å². The third kappa shape index (κ3) is 4.73. The van der Waals surface area contributed by atoms with Gasteiger partial charge in [-0.15, -0.1) is 10.2 Å². The van der Waals surface area contributed by atoms with Crippen molar-refractivity contribution in [3.63, 3.8) is 0 Å². The van der Waals surface area contributed by atoms with Gasteiger partial charge < -0.3 is 10.2 Å². The van der Waals surface area contributed by atoms with Gasteiger partial charge in [-0.2, -0.15) is 0 Å². The maximum atomic E-state index is 12.3. The zero-order chi connectivity index (χ0) is 17.0. The monoisotopic (exact) mass is 338 g/mol. The van der Waals surface area contributed by atoms with Crippen LogP contribution in [0.25, 0.3) is 0 Å². The lowest BCUT2D eigenvalue weighted by Crippen LogP contribution is -2.45. The summed E-state index contributed by atoms with van der Waals surface area (Å²) in [7, 11) is 0. The molecule has 0 aliphatic carbocycles. The topological polar surface area (TPSA) is 75.2 Å². The number of hydrogen-bond acceptors (Lipinski definition) is 5. The maximum Gasteiger partial charge on any atom is 0.229 e. The summed E-state index contributed by atoms with van der Waals surface area (Å²) < 4.78 is 0. The largest absolute Gasteiger partial charge is 0.342 e. The van der Waals surface area contributed by atoms with E-state index in [1.165, 1.54) is 11.3 Å². The smallest absolute Gasteiger partial charge is 0.229 e. The molecule has 2 amide bonds. The first-order valence-electron chi connectivity index (χ1n) is 8.24. The second-order valence-corrected chi connectivity index (χ2v) is 8.12. The van der Waals surface area contributed by atoms with Crippen molar-refractivity contribution in [3.8, 4) is 0 Å². The highest BCUT2D eigenvalue weighted by atomic mass is 32.1. The molecule has 1 aromatic heterocycles. The number of carbonyl (C=O) groups is 2. The molecule has 1 aliphatic heterocycles. The molecule has 1 N–H and O–H groups in total. The van der Waals surface area contributed by atoms with Crippen LogP contribution in [-0.2, 0) is 16.0 Å². The van der Waals surface area contributed by atoms with E-state index in [-0.39, 0.29) is 23.1 Å². The van der Waals surface area contributed by atoms with Crippen molar-refractivity contribution in [2.24, 2.45) is 11.3 Å². The molecule has 0 atom stereocenters. The average molecular weight is 338 g/mol. The average Bonchev–Trinajstić information content (AvgIpc) is 2.93. The summed E-state index contributed by atoms with van der Waals surface area (Å²) in [6.07, 6.45) is 3.31. The van der Waals surface area contributed by atoms with E-state index in [1.54, 1.807) is 0 Å². The van der Waals surface area contributed by atoms with Gasteiger partial charge in [-0.25, -0.2) is 0 Å². The lowest BCUT2D eigenvalue weighted by molar-refractivity contribution is -0.142. The molecule has 1 saturated heterocycles. The fourth-order valence-electron chi connectivity index (χ4n) is 2.65. The van der Waals surface area contributed by atoms with Gasteiger partial charge in [-0.1, -0.05) is 39.0 Å². The van der Waals surface area contributed by atoms with Crippen LogP contribution in [0.3, 0.4) is 0 Å². The van der Waals surface area contributed by atoms with Gasteiger partial charge in [0.2, 0.25) is 16.9 Å². The summed E-state index contributed by atoms with van der Waals surface area (Å²) in [5.74, 6) is 0.0919. The summed E-state index contributed by atoms with van der Waals surface area (Å²) in [4.78, 5) is 26.5. The van der Waals surface area contributed by atoms with Crippen LogP contribution >= 0.6 is 11.3 Å². The number of aryl methyl sites for hydroxylation is 1. The van der Waals surface area contributed by atoms with Crippen molar-refractivity contribution in [2.45, 2.75) is 53.4 Å². The molecule has 0 unspecified atom stereocenters. The Morgan fingerprint density at radius 2 is 1.91 bits per heavy atom. The summed E-state index contributed by atoms with van der Waals surface area (Å²) in [5.41, 5.74) is -0.364. The maximum absolute atomic E-state index is 12.3. The Morgan fingerprint density at radius 3 is 2.48 bits per heavy atom. The molecule has 23 heavy (non-hydrogen) atoms. The van der Waals surface area contributed by atoms with Crippen molar-refractivity contribution >= 4 is 28.3 Å². The summed E-state index contributed by atoms with van der Waals surface area (Å²) in [6, 6.07) is 0. The summed E-state index contributed by atoms with van der Waals surface area (Å²) >= 11 is 1.44. The van der Waals surface area contributed by atoms with E-state index in [0.29, 0.717) is 31.1 Å². The number of piperidine rings is 1. The molecule has 1 aromatic rings. The van der Waals surface area contributed by atoms with E-state index in [9.17, 15) is 9.59 Å². The van der Waals surface area contributed by atoms with E-state index in [1.807, 2.05) is 25.7 Å². The molecule has 1 fully saturated rings. The number of rotatable bonds is 4. The molecule has 0 aromatic carbocycles. The lowest BCUT2D eigenvalue weighted by atomic mass is 9.91. The molecule has 2 rings (SSSR count). The second-order valence-electron chi connectivity index (χ2n) is 7.06. The van der Waals surface area contributed by atoms with Crippen LogP contribution in [0.15, 0.2) is 0 Å². The Bertz CT molecular complexity index is 557. The Balaban J connectivity index is 1.84. The van der Waals surface area contributed by atoms with Gasteiger partial charge in [0.05, 0.1) is 0 Å². The molecule has 128 valence electrons. The van der Waals surface area contributed by atoms with Crippen LogP contribution in [0.4, 0.5) is 5.13 Å². The number of nitrogens with zero attached hydrogens (tertiary/aromatic N) is 3. The van der Waals surface area contributed by atoms with Gasteiger partial charge in [0.1, 0.15) is 5.01 Å². The minimum absolute atomic E-state index is 0.00736. The number of nitrogens with one attached hydrogen (secondary N) is 1. The van der Waals surface area contributed by atoms with E-state index >= 15 is 0 Å². The summed E-state index contributed by atoms with van der Waals surface area (Å²) in [5, 5.41) is 12.5. The number of carbonyl (C=O) groups excluding carboxylic acids is 2. The van der Waals surface area contributed by atoms with Crippen LogP contribution in [0, 0.1) is 11.3 Å². The Labute approximate surface area is 141 Å². The minimum atomic E-state index is -0.364. The van der Waals surface area contributed by atoms with Crippen LogP contribution in [0.1, 0.15) is 52.0 Å². The molecule has 0 radical (unpaired) electrons. The molecule has 0 spiro atoms. The highest BCUT2D eigenvalue weighted by Crippen LogP contribution is 2.25. The zero-order valence-electron chi connectivity index (χ0n) is 14.4. The Morgan fingerprint density at radius 1 is 1.26 bits per heavy atom. The van der Waals surface area contributed by atoms with Crippen molar-refractivity contribution in [1.29, 1.82) is 0 Å². The number of anilines is 1. The predicted octanol–water partition coefficient (Wildman–Crippen LogP) is 2.71. The van der Waals surface area contributed by atoms with Gasteiger partial charge in [-0.3, -0.25) is 9.59 Å². The van der Waals surface area contributed by atoms with Gasteiger partial charge >= 0.3 is 0 Å². The molecule has 0 bridgehead atoms. The van der Waals surface area contributed by atoms with Crippen molar-refractivity contribution < 1.29 is 9.59 Å². The molecule has 7 heteroatoms. The van der Waals surface area contributed by atoms with Gasteiger partial charge in [0.25, 0.3) is 0 Å². The number of likely N-dealkylation sites (tertiary alicyclic amines) is 1. The fraction of sp³-hybridized carbons (Fsp3) is 0.750. The predicted molar refractivity (Wildman–Crippen MR) is 91.3 cm³/mol. The zero-order valence-corrected chi connectivity index (χ0v) is 15.2. The first-order valence-corrected chi connectivity index (χ1v) is 9.05. The van der Waals surface area contributed by atoms with Crippen LogP contribution in [0.5, 0.6) is 0 Å². The quantitative estimate of drug-likeness (QED) is 0.916. The number of aromatic nitrogens is 2. The highest BCUT2D eigenvalue weighted by Gasteiger charge is 2.32. The number of amides is 2. The second kappa shape index (κ2) is 7.38. The van der Waals surface area contributed by atoms with E-state index in [0.717, 1.165) is 17.8 Å². The highest BCUT2D eigenvalue weighted by molar-refractivity contribution is 7.15. The van der Waals surface area contributed by atoms with Crippen LogP contribution in [0.2, 0.25) is 0 Å². The standard InChI is InChI=1S/C16H26N4O2S/c1-5-6-12-18-19-15(23-12)17-13(21)11-7-9-20(10-8-11)14(22)16(2,3)4/h11H,5-10H2,1-4H3,(H,17,19,21). The molecular weight excluding hydrogens is 312 g/mol. The normalized spacial score (nSPS) is 16.4. The molecule has 6 nitrogen and oxygen atoms in total. The third-order valence-electron chi connectivity index (χ3n) is 3.96. The van der Waals surface area contributed by atoms with Crippen molar-refractivity contribution in [1.82, 2.24) is 15.1 Å².